The summed E-state index contributed by atoms with van der Waals surface area (Å²) in [6.45, 7) is 17.6. The summed E-state index contributed by atoms with van der Waals surface area (Å²) in [6.07, 6.45) is 3.96. The lowest BCUT2D eigenvalue weighted by Gasteiger charge is -2.44. The topological polar surface area (TPSA) is 29.3 Å². The van der Waals surface area contributed by atoms with Crippen molar-refractivity contribution in [3.63, 3.8) is 0 Å². The molecule has 2 N–H and O–H groups in total. The van der Waals surface area contributed by atoms with Crippen LogP contribution in [0.4, 0.5) is 0 Å². The Morgan fingerprint density at radius 3 is 2.11 bits per heavy atom. The molecular weight excluding hydrogens is 232 g/mol. The molecule has 0 saturated heterocycles. The fourth-order valence-electron chi connectivity index (χ4n) is 3.60. The first-order valence-electron chi connectivity index (χ1n) is 8.20. The van der Waals surface area contributed by atoms with Crippen molar-refractivity contribution in [2.24, 2.45) is 28.9 Å². The number of hydrogen-bond acceptors (Lipinski definition) is 2. The first kappa shape index (κ1) is 17.0. The van der Waals surface area contributed by atoms with Crippen LogP contribution in [0.25, 0.3) is 0 Å². The standard InChI is InChI=1S/C17H36N2/c1-13(2)10-19(11-14(3)4)12-15-8-7-9-17(5,6)16(15)18/h13-16H,7-12,18H2,1-6H3. The zero-order chi connectivity index (χ0) is 14.6. The molecule has 2 atom stereocenters. The second kappa shape index (κ2) is 7.08. The monoisotopic (exact) mass is 268 g/mol. The van der Waals surface area contributed by atoms with Crippen molar-refractivity contribution in [1.29, 1.82) is 0 Å². The maximum absolute atomic E-state index is 6.54. The summed E-state index contributed by atoms with van der Waals surface area (Å²) in [7, 11) is 0. The van der Waals surface area contributed by atoms with E-state index in [9.17, 15) is 0 Å². The van der Waals surface area contributed by atoms with Gasteiger partial charge in [-0.3, -0.25) is 0 Å². The Balaban J connectivity index is 2.61. The van der Waals surface area contributed by atoms with Crippen LogP contribution < -0.4 is 5.73 Å². The third-order valence-corrected chi connectivity index (χ3v) is 4.55. The van der Waals surface area contributed by atoms with Crippen LogP contribution in [0.1, 0.15) is 60.8 Å². The van der Waals surface area contributed by atoms with Crippen LogP contribution in [0.3, 0.4) is 0 Å². The number of nitrogens with two attached hydrogens (primary N) is 1. The first-order valence-corrected chi connectivity index (χ1v) is 8.20. The van der Waals surface area contributed by atoms with Crippen molar-refractivity contribution in [2.75, 3.05) is 19.6 Å². The largest absolute Gasteiger partial charge is 0.327 e. The normalized spacial score (nSPS) is 27.5. The highest BCUT2D eigenvalue weighted by molar-refractivity contribution is 4.92. The van der Waals surface area contributed by atoms with Gasteiger partial charge in [0.25, 0.3) is 0 Å². The molecule has 1 aliphatic carbocycles. The zero-order valence-corrected chi connectivity index (χ0v) is 14.1. The number of hydrogen-bond donors (Lipinski definition) is 1. The van der Waals surface area contributed by atoms with Crippen LogP contribution in [0.2, 0.25) is 0 Å². The van der Waals surface area contributed by atoms with Crippen LogP contribution in [0, 0.1) is 23.2 Å². The van der Waals surface area contributed by atoms with Crippen molar-refractivity contribution in [2.45, 2.75) is 66.8 Å². The summed E-state index contributed by atoms with van der Waals surface area (Å²) < 4.78 is 0. The van der Waals surface area contributed by atoms with Crippen LogP contribution >= 0.6 is 0 Å². The molecule has 0 amide bonds. The van der Waals surface area contributed by atoms with E-state index in [4.69, 9.17) is 5.73 Å². The molecule has 0 bridgehead atoms. The molecule has 0 aromatic carbocycles. The fraction of sp³-hybridized carbons (Fsp3) is 1.00. The molecule has 2 heteroatoms. The Bertz CT molecular complexity index is 248. The van der Waals surface area contributed by atoms with Gasteiger partial charge in [0.15, 0.2) is 0 Å². The molecule has 1 fully saturated rings. The third-order valence-electron chi connectivity index (χ3n) is 4.55. The first-order chi connectivity index (χ1) is 8.72. The Kier molecular flexibility index (Phi) is 6.32. The van der Waals surface area contributed by atoms with Gasteiger partial charge in [-0.15, -0.1) is 0 Å². The minimum absolute atomic E-state index is 0.324. The number of rotatable bonds is 6. The van der Waals surface area contributed by atoms with Crippen molar-refractivity contribution in [3.8, 4) is 0 Å². The van der Waals surface area contributed by atoms with Gasteiger partial charge in [-0.05, 0) is 36.0 Å². The quantitative estimate of drug-likeness (QED) is 0.795. The average Bonchev–Trinajstić information content (AvgIpc) is 2.22. The van der Waals surface area contributed by atoms with E-state index >= 15 is 0 Å². The summed E-state index contributed by atoms with van der Waals surface area (Å²) in [5.41, 5.74) is 6.86. The van der Waals surface area contributed by atoms with Crippen LogP contribution in [0.5, 0.6) is 0 Å². The van der Waals surface area contributed by atoms with Gasteiger partial charge in [0.1, 0.15) is 0 Å². The van der Waals surface area contributed by atoms with E-state index in [0.29, 0.717) is 17.4 Å². The van der Waals surface area contributed by atoms with Crippen molar-refractivity contribution in [1.82, 2.24) is 4.90 Å². The fourth-order valence-corrected chi connectivity index (χ4v) is 3.60. The highest BCUT2D eigenvalue weighted by Crippen LogP contribution is 2.38. The zero-order valence-electron chi connectivity index (χ0n) is 14.1. The van der Waals surface area contributed by atoms with Crippen molar-refractivity contribution < 1.29 is 0 Å². The lowest BCUT2D eigenvalue weighted by atomic mass is 9.68. The SMILES string of the molecule is CC(C)CN(CC(C)C)CC1CCCC(C)(C)C1N. The summed E-state index contributed by atoms with van der Waals surface area (Å²) in [5.74, 6) is 2.17. The molecule has 0 radical (unpaired) electrons. The Morgan fingerprint density at radius 2 is 1.63 bits per heavy atom. The van der Waals surface area contributed by atoms with Crippen LogP contribution in [0.15, 0.2) is 0 Å². The molecule has 0 spiro atoms. The maximum Gasteiger partial charge on any atom is 0.0131 e. The van der Waals surface area contributed by atoms with E-state index in [1.165, 1.54) is 38.9 Å². The summed E-state index contributed by atoms with van der Waals surface area (Å²) in [6, 6.07) is 0.364. The Morgan fingerprint density at radius 1 is 1.11 bits per heavy atom. The van der Waals surface area contributed by atoms with Gasteiger partial charge in [-0.2, -0.15) is 0 Å². The Labute approximate surface area is 121 Å². The summed E-state index contributed by atoms with van der Waals surface area (Å²) in [5, 5.41) is 0. The molecule has 0 heterocycles. The predicted octanol–water partition coefficient (Wildman–Crippen LogP) is 3.75. The van der Waals surface area contributed by atoms with Gasteiger partial charge in [-0.25, -0.2) is 0 Å². The molecule has 0 aliphatic heterocycles. The second-order valence-corrected chi connectivity index (χ2v) is 8.17. The van der Waals surface area contributed by atoms with E-state index in [-0.39, 0.29) is 0 Å². The maximum atomic E-state index is 6.54. The average molecular weight is 268 g/mol. The molecule has 114 valence electrons. The molecule has 19 heavy (non-hydrogen) atoms. The smallest absolute Gasteiger partial charge is 0.0131 e. The molecule has 1 rings (SSSR count). The van der Waals surface area contributed by atoms with E-state index in [1.807, 2.05) is 0 Å². The molecule has 2 nitrogen and oxygen atoms in total. The van der Waals surface area contributed by atoms with E-state index in [1.54, 1.807) is 0 Å². The minimum Gasteiger partial charge on any atom is -0.327 e. The molecule has 0 aromatic rings. The third kappa shape index (κ3) is 5.43. The van der Waals surface area contributed by atoms with Crippen LogP contribution in [-0.4, -0.2) is 30.6 Å². The van der Waals surface area contributed by atoms with Gasteiger partial charge in [0.05, 0.1) is 0 Å². The minimum atomic E-state index is 0.324. The number of nitrogens with zero attached hydrogens (tertiary/aromatic N) is 1. The highest BCUT2D eigenvalue weighted by Gasteiger charge is 2.36. The predicted molar refractivity (Wildman–Crippen MR) is 85.2 cm³/mol. The molecule has 1 aliphatic rings. The summed E-state index contributed by atoms with van der Waals surface area (Å²) >= 11 is 0. The summed E-state index contributed by atoms with van der Waals surface area (Å²) in [4.78, 5) is 2.65. The van der Waals surface area contributed by atoms with E-state index < -0.39 is 0 Å². The second-order valence-electron chi connectivity index (χ2n) is 8.17. The van der Waals surface area contributed by atoms with E-state index in [2.05, 4.69) is 46.4 Å². The lowest BCUT2D eigenvalue weighted by molar-refractivity contribution is 0.0923. The molecular formula is C17H36N2. The van der Waals surface area contributed by atoms with Gasteiger partial charge in [0.2, 0.25) is 0 Å². The highest BCUT2D eigenvalue weighted by atomic mass is 15.1. The molecule has 2 unspecified atom stereocenters. The molecule has 0 aromatic heterocycles. The van der Waals surface area contributed by atoms with Gasteiger partial charge in [0, 0.05) is 25.7 Å². The van der Waals surface area contributed by atoms with Gasteiger partial charge in [-0.1, -0.05) is 48.0 Å². The van der Waals surface area contributed by atoms with Crippen molar-refractivity contribution in [3.05, 3.63) is 0 Å². The van der Waals surface area contributed by atoms with Gasteiger partial charge < -0.3 is 10.6 Å². The Hall–Kier alpha value is -0.0800. The van der Waals surface area contributed by atoms with Gasteiger partial charge >= 0.3 is 0 Å². The molecule has 1 saturated carbocycles. The van der Waals surface area contributed by atoms with Crippen LogP contribution in [-0.2, 0) is 0 Å². The van der Waals surface area contributed by atoms with E-state index in [0.717, 1.165) is 11.8 Å². The van der Waals surface area contributed by atoms with Crippen molar-refractivity contribution >= 4 is 0 Å². The lowest BCUT2D eigenvalue weighted by Crippen LogP contribution is -2.51.